The van der Waals surface area contributed by atoms with Crippen molar-refractivity contribution in [3.05, 3.63) is 101 Å². The summed E-state index contributed by atoms with van der Waals surface area (Å²) in [5.74, 6) is 0.700. The smallest absolute Gasteiger partial charge is 0.240 e. The van der Waals surface area contributed by atoms with Crippen molar-refractivity contribution in [1.82, 2.24) is 4.57 Å². The zero-order valence-electron chi connectivity index (χ0n) is 13.4. The van der Waals surface area contributed by atoms with Gasteiger partial charge < -0.3 is 0 Å². The third-order valence-electron chi connectivity index (χ3n) is 4.22. The Bertz CT molecular complexity index is 1050. The second-order valence-corrected chi connectivity index (χ2v) is 6.28. The first-order chi connectivity index (χ1) is 12.2. The molecule has 25 heavy (non-hydrogen) atoms. The van der Waals surface area contributed by atoms with Crippen LogP contribution in [0.1, 0.15) is 21.7 Å². The average Bonchev–Trinajstić information content (AvgIpc) is 3.00. The number of carbonyl (C=O) groups is 1. The quantitative estimate of drug-likeness (QED) is 0.541. The first kappa shape index (κ1) is 15.6. The number of carbonyl (C=O) groups excluding carboxylic acids is 1. The second kappa shape index (κ2) is 6.54. The molecule has 0 amide bonds. The van der Waals surface area contributed by atoms with E-state index >= 15 is 0 Å². The van der Waals surface area contributed by atoms with E-state index in [0.717, 1.165) is 22.4 Å². The van der Waals surface area contributed by atoms with Gasteiger partial charge in [-0.15, -0.1) is 0 Å². The number of para-hydroxylation sites is 2. The van der Waals surface area contributed by atoms with Crippen molar-refractivity contribution < 1.29 is 9.78 Å². The van der Waals surface area contributed by atoms with Crippen molar-refractivity contribution in [2.24, 2.45) is 0 Å². The van der Waals surface area contributed by atoms with Crippen LogP contribution in [0, 0.1) is 0 Å². The van der Waals surface area contributed by atoms with E-state index in [1.54, 1.807) is 16.7 Å². The highest BCUT2D eigenvalue weighted by molar-refractivity contribution is 6.34. The Balaban J connectivity index is 1.88. The Labute approximate surface area is 150 Å². The van der Waals surface area contributed by atoms with Crippen LogP contribution in [0.4, 0.5) is 0 Å². The minimum absolute atomic E-state index is 0.131. The summed E-state index contributed by atoms with van der Waals surface area (Å²) in [4.78, 5) is 16.6. The molecule has 0 fully saturated rings. The molecule has 0 spiro atoms. The van der Waals surface area contributed by atoms with Gasteiger partial charge >= 0.3 is 5.91 Å². The van der Waals surface area contributed by atoms with Gasteiger partial charge in [-0.05, 0) is 29.8 Å². The van der Waals surface area contributed by atoms with Crippen molar-refractivity contribution in [1.29, 1.82) is 0 Å². The molecule has 4 aromatic rings. The number of nitrogens with one attached hydrogen (secondary N) is 1. The van der Waals surface area contributed by atoms with Crippen molar-refractivity contribution in [3.8, 4) is 0 Å². The number of rotatable bonds is 3. The Morgan fingerprint density at radius 3 is 2.36 bits per heavy atom. The van der Waals surface area contributed by atoms with E-state index in [-0.39, 0.29) is 5.91 Å². The van der Waals surface area contributed by atoms with Crippen LogP contribution < -0.4 is 4.98 Å². The number of halogens is 1. The molecule has 0 radical (unpaired) electrons. The van der Waals surface area contributed by atoms with E-state index in [1.165, 1.54) is 0 Å². The van der Waals surface area contributed by atoms with Crippen LogP contribution in [0.5, 0.6) is 0 Å². The molecule has 122 valence electrons. The first-order valence-electron chi connectivity index (χ1n) is 8.09. The number of fused-ring (bicyclic) bond motifs is 1. The Morgan fingerprint density at radius 2 is 1.56 bits per heavy atom. The van der Waals surface area contributed by atoms with Gasteiger partial charge in [0.15, 0.2) is 11.0 Å². The number of nitrogens with zero attached hydrogens (tertiary/aromatic N) is 1. The fraction of sp³-hybridized carbons (Fsp3) is 0.0476. The highest BCUT2D eigenvalue weighted by Crippen LogP contribution is 2.21. The predicted molar refractivity (Wildman–Crippen MR) is 98.9 cm³/mol. The summed E-state index contributed by atoms with van der Waals surface area (Å²) >= 11 is 6.26. The highest BCUT2D eigenvalue weighted by atomic mass is 35.5. The molecule has 3 aromatic carbocycles. The minimum Gasteiger partial charge on any atom is -0.240 e. The molecule has 1 aromatic heterocycles. The monoisotopic (exact) mass is 347 g/mol. The molecule has 1 heterocycles. The van der Waals surface area contributed by atoms with Crippen molar-refractivity contribution in [3.63, 3.8) is 0 Å². The SMILES string of the molecule is O=C(c1ccccc1Cl)n1c(Cc2ccccc2)[nH+]c2ccccc21. The largest absolute Gasteiger partial charge is 0.347 e. The maximum Gasteiger partial charge on any atom is 0.347 e. The van der Waals surface area contributed by atoms with Gasteiger partial charge in [0.2, 0.25) is 0 Å². The zero-order valence-corrected chi connectivity index (χ0v) is 14.2. The summed E-state index contributed by atoms with van der Waals surface area (Å²) in [7, 11) is 0. The fourth-order valence-corrected chi connectivity index (χ4v) is 3.25. The normalized spacial score (nSPS) is 10.9. The highest BCUT2D eigenvalue weighted by Gasteiger charge is 2.27. The number of H-pyrrole nitrogens is 1. The van der Waals surface area contributed by atoms with Crippen LogP contribution in [-0.4, -0.2) is 10.5 Å². The summed E-state index contributed by atoms with van der Waals surface area (Å²) in [6, 6.07) is 25.0. The summed E-state index contributed by atoms with van der Waals surface area (Å²) in [6.45, 7) is 0. The lowest BCUT2D eigenvalue weighted by Gasteiger charge is -2.03. The second-order valence-electron chi connectivity index (χ2n) is 5.87. The Hall–Kier alpha value is -2.91. The van der Waals surface area contributed by atoms with E-state index in [1.807, 2.05) is 54.6 Å². The van der Waals surface area contributed by atoms with Gasteiger partial charge in [-0.2, -0.15) is 4.57 Å². The molecule has 0 aliphatic rings. The topological polar surface area (TPSA) is 36.1 Å². The van der Waals surface area contributed by atoms with Crippen LogP contribution >= 0.6 is 11.6 Å². The molecule has 0 saturated heterocycles. The van der Waals surface area contributed by atoms with E-state index in [4.69, 9.17) is 11.6 Å². The minimum atomic E-state index is -0.131. The van der Waals surface area contributed by atoms with Gasteiger partial charge in [-0.25, -0.2) is 9.78 Å². The van der Waals surface area contributed by atoms with E-state index in [2.05, 4.69) is 17.1 Å². The number of benzene rings is 3. The molecule has 0 aliphatic heterocycles. The van der Waals surface area contributed by atoms with Gasteiger partial charge in [0.25, 0.3) is 5.82 Å². The standard InChI is InChI=1S/C21H15ClN2O/c22-17-11-5-4-10-16(17)21(25)24-19-13-7-6-12-18(19)23-20(24)14-15-8-2-1-3-9-15/h1-13H,14H2/p+1. The summed E-state index contributed by atoms with van der Waals surface area (Å²) in [6.07, 6.45) is 0.631. The molecule has 1 N–H and O–H groups in total. The maximum atomic E-state index is 13.2. The van der Waals surface area contributed by atoms with Crippen LogP contribution in [0.3, 0.4) is 0 Å². The number of imidazole rings is 1. The molecule has 4 rings (SSSR count). The summed E-state index contributed by atoms with van der Waals surface area (Å²) < 4.78 is 1.73. The van der Waals surface area contributed by atoms with E-state index in [0.29, 0.717) is 17.0 Å². The molecule has 3 nitrogen and oxygen atoms in total. The van der Waals surface area contributed by atoms with Crippen LogP contribution in [0.2, 0.25) is 5.02 Å². The van der Waals surface area contributed by atoms with Crippen molar-refractivity contribution in [2.75, 3.05) is 0 Å². The van der Waals surface area contributed by atoms with E-state index in [9.17, 15) is 4.79 Å². The average molecular weight is 348 g/mol. The zero-order chi connectivity index (χ0) is 17.2. The lowest BCUT2D eigenvalue weighted by atomic mass is 10.1. The van der Waals surface area contributed by atoms with Gasteiger partial charge in [0.1, 0.15) is 0 Å². The van der Waals surface area contributed by atoms with Gasteiger partial charge in [0.05, 0.1) is 17.0 Å². The van der Waals surface area contributed by atoms with Crippen LogP contribution in [0.25, 0.3) is 11.0 Å². The number of hydrogen-bond donors (Lipinski definition) is 0. The molecule has 0 aliphatic carbocycles. The maximum absolute atomic E-state index is 13.2. The Kier molecular flexibility index (Phi) is 4.08. The van der Waals surface area contributed by atoms with Crippen LogP contribution in [0.15, 0.2) is 78.9 Å². The van der Waals surface area contributed by atoms with Gasteiger partial charge in [0, 0.05) is 0 Å². The van der Waals surface area contributed by atoms with Crippen LogP contribution in [-0.2, 0) is 6.42 Å². The van der Waals surface area contributed by atoms with Crippen molar-refractivity contribution in [2.45, 2.75) is 6.42 Å². The first-order valence-corrected chi connectivity index (χ1v) is 8.46. The molecule has 0 unspecified atom stereocenters. The Morgan fingerprint density at radius 1 is 0.880 bits per heavy atom. The van der Waals surface area contributed by atoms with Crippen molar-refractivity contribution >= 4 is 28.5 Å². The van der Waals surface area contributed by atoms with E-state index < -0.39 is 0 Å². The number of aromatic amines is 1. The number of hydrogen-bond acceptors (Lipinski definition) is 1. The lowest BCUT2D eigenvalue weighted by Crippen LogP contribution is -2.20. The third kappa shape index (κ3) is 2.94. The van der Waals surface area contributed by atoms with Gasteiger partial charge in [-0.1, -0.05) is 66.2 Å². The van der Waals surface area contributed by atoms with Gasteiger partial charge in [-0.3, -0.25) is 0 Å². The molecule has 0 bridgehead atoms. The summed E-state index contributed by atoms with van der Waals surface area (Å²) in [5, 5.41) is 0.455. The third-order valence-corrected chi connectivity index (χ3v) is 4.55. The predicted octanol–water partition coefficient (Wildman–Crippen LogP) is 4.39. The molecule has 4 heteroatoms. The summed E-state index contributed by atoms with van der Waals surface area (Å²) in [5.41, 5.74) is 3.40. The lowest BCUT2D eigenvalue weighted by molar-refractivity contribution is -0.358. The molecular formula is C21H16ClN2O+. The molecular weight excluding hydrogens is 332 g/mol. The molecule has 0 saturated carbocycles. The number of aromatic nitrogens is 2. The molecule has 0 atom stereocenters. The fourth-order valence-electron chi connectivity index (χ4n) is 3.03.